The zero-order valence-electron chi connectivity index (χ0n) is 11.6. The van der Waals surface area contributed by atoms with Crippen LogP contribution in [0.3, 0.4) is 0 Å². The van der Waals surface area contributed by atoms with E-state index in [1.807, 2.05) is 13.0 Å². The van der Waals surface area contributed by atoms with E-state index in [0.717, 1.165) is 37.1 Å². The summed E-state index contributed by atoms with van der Waals surface area (Å²) in [5, 5.41) is 3.26. The van der Waals surface area contributed by atoms with Crippen molar-refractivity contribution in [3.05, 3.63) is 23.8 Å². The van der Waals surface area contributed by atoms with E-state index in [2.05, 4.69) is 17.0 Å². The van der Waals surface area contributed by atoms with Gasteiger partial charge >= 0.3 is 0 Å². The fourth-order valence-corrected chi connectivity index (χ4v) is 3.66. The van der Waals surface area contributed by atoms with Crippen molar-refractivity contribution in [1.82, 2.24) is 4.72 Å². The zero-order valence-corrected chi connectivity index (χ0v) is 12.4. The molecule has 19 heavy (non-hydrogen) atoms. The van der Waals surface area contributed by atoms with Crippen LogP contribution < -0.4 is 10.0 Å². The predicted octanol–water partition coefficient (Wildman–Crippen LogP) is 2.37. The van der Waals surface area contributed by atoms with E-state index < -0.39 is 10.0 Å². The van der Waals surface area contributed by atoms with Gasteiger partial charge in [0.25, 0.3) is 0 Å². The van der Waals surface area contributed by atoms with Crippen molar-refractivity contribution in [1.29, 1.82) is 0 Å². The third-order valence-electron chi connectivity index (χ3n) is 3.66. The van der Waals surface area contributed by atoms with E-state index in [-0.39, 0.29) is 0 Å². The number of rotatable bonds is 5. The Balaban J connectivity index is 2.25. The molecule has 0 aromatic heterocycles. The number of nitrogens with one attached hydrogen (secondary N) is 2. The van der Waals surface area contributed by atoms with Crippen LogP contribution in [0.15, 0.2) is 23.1 Å². The molecule has 1 aliphatic heterocycles. The van der Waals surface area contributed by atoms with Gasteiger partial charge in [-0.05, 0) is 36.5 Å². The fourth-order valence-electron chi connectivity index (χ4n) is 2.20. The summed E-state index contributed by atoms with van der Waals surface area (Å²) in [7, 11) is -3.40. The summed E-state index contributed by atoms with van der Waals surface area (Å²) < 4.78 is 27.5. The molecule has 0 spiro atoms. The van der Waals surface area contributed by atoms with Gasteiger partial charge in [0, 0.05) is 18.8 Å². The largest absolute Gasteiger partial charge is 0.385 e. The van der Waals surface area contributed by atoms with Crippen molar-refractivity contribution in [2.45, 2.75) is 38.0 Å². The number of benzene rings is 1. The van der Waals surface area contributed by atoms with Crippen LogP contribution in [-0.2, 0) is 16.4 Å². The van der Waals surface area contributed by atoms with Crippen molar-refractivity contribution in [3.63, 3.8) is 0 Å². The van der Waals surface area contributed by atoms with Gasteiger partial charge in [0.15, 0.2) is 0 Å². The molecule has 2 rings (SSSR count). The van der Waals surface area contributed by atoms with E-state index in [9.17, 15) is 8.42 Å². The van der Waals surface area contributed by atoms with Crippen LogP contribution in [0.5, 0.6) is 0 Å². The Kier molecular flexibility index (Phi) is 4.47. The molecule has 1 atom stereocenters. The van der Waals surface area contributed by atoms with Gasteiger partial charge in [-0.2, -0.15) is 0 Å². The van der Waals surface area contributed by atoms with Gasteiger partial charge < -0.3 is 5.32 Å². The normalized spacial score (nSPS) is 16.5. The number of sulfonamides is 1. The highest BCUT2D eigenvalue weighted by Crippen LogP contribution is 2.28. The van der Waals surface area contributed by atoms with Gasteiger partial charge in [-0.3, -0.25) is 0 Å². The highest BCUT2D eigenvalue weighted by atomic mass is 32.2. The second-order valence-corrected chi connectivity index (χ2v) is 6.91. The SMILES string of the molecule is CCC(C)CNS(=O)(=O)c1cccc2c1CCCN2. The molecule has 1 heterocycles. The van der Waals surface area contributed by atoms with Gasteiger partial charge in [-0.25, -0.2) is 13.1 Å². The van der Waals surface area contributed by atoms with Crippen molar-refractivity contribution < 1.29 is 8.42 Å². The Labute approximate surface area is 115 Å². The lowest BCUT2D eigenvalue weighted by Gasteiger charge is -2.21. The zero-order chi connectivity index (χ0) is 13.9. The third kappa shape index (κ3) is 3.28. The van der Waals surface area contributed by atoms with Gasteiger partial charge in [0.05, 0.1) is 4.90 Å². The molecule has 106 valence electrons. The van der Waals surface area contributed by atoms with E-state index in [4.69, 9.17) is 0 Å². The molecule has 0 amide bonds. The van der Waals surface area contributed by atoms with Crippen LogP contribution in [0.2, 0.25) is 0 Å². The second-order valence-electron chi connectivity index (χ2n) is 5.18. The van der Waals surface area contributed by atoms with Gasteiger partial charge in [0.1, 0.15) is 0 Å². The minimum atomic E-state index is -3.40. The standard InChI is InChI=1S/C14H22N2O2S/c1-3-11(2)10-16-19(17,18)14-8-4-7-13-12(14)6-5-9-15-13/h4,7-8,11,15-16H,3,5-6,9-10H2,1-2H3. The first-order chi connectivity index (χ1) is 9.04. The molecule has 2 N–H and O–H groups in total. The molecule has 0 fully saturated rings. The third-order valence-corrected chi connectivity index (χ3v) is 5.17. The molecule has 1 unspecified atom stereocenters. The summed E-state index contributed by atoms with van der Waals surface area (Å²) in [6.07, 6.45) is 2.77. The Bertz CT molecular complexity index is 540. The quantitative estimate of drug-likeness (QED) is 0.871. The number of hydrogen-bond acceptors (Lipinski definition) is 3. The van der Waals surface area contributed by atoms with E-state index in [1.54, 1.807) is 12.1 Å². The van der Waals surface area contributed by atoms with E-state index in [0.29, 0.717) is 17.4 Å². The summed E-state index contributed by atoms with van der Waals surface area (Å²) in [6.45, 7) is 5.52. The minimum Gasteiger partial charge on any atom is -0.385 e. The second kappa shape index (κ2) is 5.92. The fraction of sp³-hybridized carbons (Fsp3) is 0.571. The summed E-state index contributed by atoms with van der Waals surface area (Å²) >= 11 is 0. The molecule has 5 heteroatoms. The molecule has 0 radical (unpaired) electrons. The molecule has 1 aliphatic rings. The Morgan fingerprint density at radius 2 is 2.21 bits per heavy atom. The van der Waals surface area contributed by atoms with Crippen LogP contribution in [0.1, 0.15) is 32.3 Å². The Morgan fingerprint density at radius 1 is 1.42 bits per heavy atom. The van der Waals surface area contributed by atoms with Crippen molar-refractivity contribution in [3.8, 4) is 0 Å². The average Bonchev–Trinajstić information content (AvgIpc) is 2.44. The molecular formula is C14H22N2O2S. The molecule has 0 saturated carbocycles. The smallest absolute Gasteiger partial charge is 0.240 e. The minimum absolute atomic E-state index is 0.354. The summed E-state index contributed by atoms with van der Waals surface area (Å²) in [6, 6.07) is 5.45. The van der Waals surface area contributed by atoms with Crippen molar-refractivity contribution in [2.75, 3.05) is 18.4 Å². The lowest BCUT2D eigenvalue weighted by molar-refractivity contribution is 0.527. The number of anilines is 1. The molecule has 0 saturated heterocycles. The van der Waals surface area contributed by atoms with Crippen molar-refractivity contribution >= 4 is 15.7 Å². The predicted molar refractivity (Wildman–Crippen MR) is 77.9 cm³/mol. The highest BCUT2D eigenvalue weighted by Gasteiger charge is 2.22. The van der Waals surface area contributed by atoms with Crippen LogP contribution in [-0.4, -0.2) is 21.5 Å². The van der Waals surface area contributed by atoms with Gasteiger partial charge in [-0.15, -0.1) is 0 Å². The highest BCUT2D eigenvalue weighted by molar-refractivity contribution is 7.89. The van der Waals surface area contributed by atoms with Crippen LogP contribution in [0.25, 0.3) is 0 Å². The molecule has 4 nitrogen and oxygen atoms in total. The lowest BCUT2D eigenvalue weighted by Crippen LogP contribution is -2.29. The molecule has 0 bridgehead atoms. The van der Waals surface area contributed by atoms with Crippen LogP contribution in [0, 0.1) is 5.92 Å². The maximum absolute atomic E-state index is 12.4. The number of fused-ring (bicyclic) bond motifs is 1. The molecule has 1 aromatic carbocycles. The molecular weight excluding hydrogens is 260 g/mol. The molecule has 1 aromatic rings. The van der Waals surface area contributed by atoms with Crippen LogP contribution >= 0.6 is 0 Å². The summed E-state index contributed by atoms with van der Waals surface area (Å²) in [5.74, 6) is 0.354. The average molecular weight is 282 g/mol. The maximum Gasteiger partial charge on any atom is 0.240 e. The first-order valence-electron chi connectivity index (χ1n) is 6.90. The van der Waals surface area contributed by atoms with Crippen molar-refractivity contribution in [2.24, 2.45) is 5.92 Å². The Morgan fingerprint density at radius 3 is 2.95 bits per heavy atom. The monoisotopic (exact) mass is 282 g/mol. The topological polar surface area (TPSA) is 58.2 Å². The van der Waals surface area contributed by atoms with Crippen LogP contribution in [0.4, 0.5) is 5.69 Å². The summed E-state index contributed by atoms with van der Waals surface area (Å²) in [4.78, 5) is 0.431. The van der Waals surface area contributed by atoms with E-state index >= 15 is 0 Å². The van der Waals surface area contributed by atoms with Gasteiger partial charge in [-0.1, -0.05) is 26.3 Å². The Hall–Kier alpha value is -1.07. The number of hydrogen-bond donors (Lipinski definition) is 2. The van der Waals surface area contributed by atoms with Gasteiger partial charge in [0.2, 0.25) is 10.0 Å². The maximum atomic E-state index is 12.4. The first-order valence-corrected chi connectivity index (χ1v) is 8.38. The van der Waals surface area contributed by atoms with E-state index in [1.165, 1.54) is 0 Å². The summed E-state index contributed by atoms with van der Waals surface area (Å²) in [5.41, 5.74) is 1.88. The lowest BCUT2D eigenvalue weighted by atomic mass is 10.0. The molecule has 0 aliphatic carbocycles. The first kappa shape index (κ1) is 14.3.